The van der Waals surface area contributed by atoms with Gasteiger partial charge in [-0.25, -0.2) is 23.7 Å². The number of hydrogen-bond donors (Lipinski definition) is 0. The van der Waals surface area contributed by atoms with Gasteiger partial charge in [0, 0.05) is 72.0 Å². The van der Waals surface area contributed by atoms with E-state index in [9.17, 15) is 0 Å². The van der Waals surface area contributed by atoms with E-state index >= 15 is 8.78 Å². The SMILES string of the molecule is Fc1cc(F)cc(-c2ccc(-c3nc(-c4ccccc4)nc(-c4ccccc4)n3)cc2-n2c3ccc(-n4c5ccccc5c5ccccc54)cc3c3cc(-n4c5ccccc5c5ccccc54)ccc32)c1. The maximum Gasteiger partial charge on any atom is 0.164 e. The van der Waals surface area contributed by atoms with Gasteiger partial charge in [-0.05, 0) is 84.4 Å². The van der Waals surface area contributed by atoms with Crippen molar-refractivity contribution in [2.24, 2.45) is 0 Å². The Morgan fingerprint density at radius 2 is 0.648 bits per heavy atom. The standard InChI is InChI=1S/C63H38F2N6/c64-43-33-42(34-44(65)36-43)47-30-27-41(63-67-61(39-15-3-1-4-16-39)66-62(68-63)40-17-5-2-6-18-40)35-60(47)71-58-31-28-45(69-54-23-11-7-19-48(54)49-20-8-12-24-55(49)69)37-52(58)53-38-46(29-32-59(53)71)70-56-25-13-9-21-50(56)51-22-10-14-26-57(51)70/h1-38H. The summed E-state index contributed by atoms with van der Waals surface area (Å²) in [6.07, 6.45) is 0. The minimum atomic E-state index is -0.665. The van der Waals surface area contributed by atoms with Crippen LogP contribution in [0.3, 0.4) is 0 Å². The molecule has 0 N–H and O–H groups in total. The number of aromatic nitrogens is 6. The van der Waals surface area contributed by atoms with Crippen LogP contribution in [0.1, 0.15) is 0 Å². The smallest absolute Gasteiger partial charge is 0.164 e. The molecule has 0 unspecified atom stereocenters. The Balaban J connectivity index is 1.07. The molecule has 4 aromatic heterocycles. The molecule has 4 heterocycles. The summed E-state index contributed by atoms with van der Waals surface area (Å²) in [5.41, 5.74) is 12.4. The van der Waals surface area contributed by atoms with Gasteiger partial charge in [0.2, 0.25) is 0 Å². The zero-order valence-corrected chi connectivity index (χ0v) is 37.9. The summed E-state index contributed by atoms with van der Waals surface area (Å²) in [5, 5.41) is 6.70. The maximum atomic E-state index is 15.4. The van der Waals surface area contributed by atoms with Crippen LogP contribution in [0.5, 0.6) is 0 Å². The molecule has 0 saturated carbocycles. The minimum Gasteiger partial charge on any atom is -0.309 e. The third-order valence-electron chi connectivity index (χ3n) is 13.8. The molecule has 0 aliphatic heterocycles. The summed E-state index contributed by atoms with van der Waals surface area (Å²) in [7, 11) is 0. The van der Waals surface area contributed by atoms with Gasteiger partial charge in [0.15, 0.2) is 17.5 Å². The van der Waals surface area contributed by atoms with Crippen LogP contribution in [0, 0.1) is 11.6 Å². The summed E-state index contributed by atoms with van der Waals surface area (Å²) in [6, 6.07) is 76.6. The quantitative estimate of drug-likeness (QED) is 0.160. The topological polar surface area (TPSA) is 53.5 Å². The predicted molar refractivity (Wildman–Crippen MR) is 285 cm³/mol. The molecule has 0 atom stereocenters. The van der Waals surface area contributed by atoms with Gasteiger partial charge in [-0.1, -0.05) is 146 Å². The second kappa shape index (κ2) is 16.0. The highest BCUT2D eigenvalue weighted by Gasteiger charge is 2.23. The van der Waals surface area contributed by atoms with Gasteiger partial charge in [0.25, 0.3) is 0 Å². The lowest BCUT2D eigenvalue weighted by Crippen LogP contribution is -2.02. The highest BCUT2D eigenvalue weighted by Crippen LogP contribution is 2.42. The van der Waals surface area contributed by atoms with Crippen molar-refractivity contribution in [1.29, 1.82) is 0 Å². The van der Waals surface area contributed by atoms with Crippen LogP contribution in [-0.4, -0.2) is 28.7 Å². The molecule has 0 saturated heterocycles. The Kier molecular flexibility index (Phi) is 9.16. The molecule has 0 radical (unpaired) electrons. The van der Waals surface area contributed by atoms with Gasteiger partial charge in [0.05, 0.1) is 38.8 Å². The molecule has 71 heavy (non-hydrogen) atoms. The van der Waals surface area contributed by atoms with E-state index in [1.54, 1.807) is 0 Å². The molecule has 334 valence electrons. The minimum absolute atomic E-state index is 0.397. The molecule has 0 bridgehead atoms. The molecule has 14 rings (SSSR count). The highest BCUT2D eigenvalue weighted by atomic mass is 19.1. The first kappa shape index (κ1) is 40.5. The number of hydrogen-bond acceptors (Lipinski definition) is 3. The van der Waals surface area contributed by atoms with Gasteiger partial charge >= 0.3 is 0 Å². The molecule has 0 fully saturated rings. The van der Waals surface area contributed by atoms with Crippen molar-refractivity contribution >= 4 is 65.4 Å². The number of fused-ring (bicyclic) bond motifs is 9. The zero-order chi connectivity index (χ0) is 47.2. The van der Waals surface area contributed by atoms with Crippen molar-refractivity contribution in [1.82, 2.24) is 28.7 Å². The zero-order valence-electron chi connectivity index (χ0n) is 37.9. The van der Waals surface area contributed by atoms with Crippen LogP contribution < -0.4 is 0 Å². The Morgan fingerprint density at radius 3 is 1.08 bits per heavy atom. The molecule has 0 aliphatic rings. The van der Waals surface area contributed by atoms with Crippen LogP contribution >= 0.6 is 0 Å². The molecule has 0 amide bonds. The molecule has 0 aliphatic carbocycles. The average Bonchev–Trinajstić information content (AvgIpc) is 4.06. The molecular weight excluding hydrogens is 879 g/mol. The van der Waals surface area contributed by atoms with Gasteiger partial charge in [-0.2, -0.15) is 0 Å². The lowest BCUT2D eigenvalue weighted by molar-refractivity contribution is 0.584. The van der Waals surface area contributed by atoms with E-state index in [-0.39, 0.29) is 0 Å². The first-order valence-corrected chi connectivity index (χ1v) is 23.6. The largest absolute Gasteiger partial charge is 0.309 e. The van der Waals surface area contributed by atoms with Crippen LogP contribution in [0.4, 0.5) is 8.78 Å². The Bertz CT molecular complexity index is 4080. The fraction of sp³-hybridized carbons (Fsp3) is 0. The van der Waals surface area contributed by atoms with E-state index in [1.165, 1.54) is 33.7 Å². The molecular formula is C63H38F2N6. The summed E-state index contributed by atoms with van der Waals surface area (Å²) < 4.78 is 37.6. The van der Waals surface area contributed by atoms with E-state index in [1.807, 2.05) is 78.9 Å². The fourth-order valence-corrected chi connectivity index (χ4v) is 10.7. The average molecular weight is 917 g/mol. The molecule has 8 heteroatoms. The lowest BCUT2D eigenvalue weighted by Gasteiger charge is -2.17. The van der Waals surface area contributed by atoms with Crippen molar-refractivity contribution in [3.05, 3.63) is 242 Å². The second-order valence-electron chi connectivity index (χ2n) is 17.9. The number of para-hydroxylation sites is 4. The summed E-state index contributed by atoms with van der Waals surface area (Å²) in [4.78, 5) is 15.2. The number of halogens is 2. The van der Waals surface area contributed by atoms with Crippen molar-refractivity contribution in [3.63, 3.8) is 0 Å². The Labute approximate surface area is 405 Å². The van der Waals surface area contributed by atoms with Gasteiger partial charge < -0.3 is 13.7 Å². The number of rotatable bonds is 7. The van der Waals surface area contributed by atoms with E-state index in [4.69, 9.17) is 15.0 Å². The van der Waals surface area contributed by atoms with Gasteiger partial charge in [-0.15, -0.1) is 0 Å². The van der Waals surface area contributed by atoms with Gasteiger partial charge in [0.1, 0.15) is 11.6 Å². The predicted octanol–water partition coefficient (Wildman–Crippen LogP) is 16.1. The molecule has 0 spiro atoms. The first-order chi connectivity index (χ1) is 35.0. The van der Waals surface area contributed by atoms with E-state index in [0.717, 1.165) is 72.4 Å². The number of nitrogens with zero attached hydrogens (tertiary/aromatic N) is 6. The van der Waals surface area contributed by atoms with E-state index < -0.39 is 11.6 Å². The maximum absolute atomic E-state index is 15.4. The molecule has 6 nitrogen and oxygen atoms in total. The Morgan fingerprint density at radius 1 is 0.268 bits per heavy atom. The Hall–Kier alpha value is -9.53. The van der Waals surface area contributed by atoms with Crippen molar-refractivity contribution < 1.29 is 8.78 Å². The number of benzene rings is 10. The van der Waals surface area contributed by atoms with Crippen LogP contribution in [-0.2, 0) is 0 Å². The lowest BCUT2D eigenvalue weighted by atomic mass is 10.00. The van der Waals surface area contributed by atoms with Gasteiger partial charge in [-0.3, -0.25) is 0 Å². The normalized spacial score (nSPS) is 11.8. The van der Waals surface area contributed by atoms with Crippen molar-refractivity contribution in [2.45, 2.75) is 0 Å². The summed E-state index contributed by atoms with van der Waals surface area (Å²) >= 11 is 0. The van der Waals surface area contributed by atoms with Crippen LogP contribution in [0.2, 0.25) is 0 Å². The first-order valence-electron chi connectivity index (χ1n) is 23.6. The molecule has 10 aromatic carbocycles. The van der Waals surface area contributed by atoms with E-state index in [2.05, 4.69) is 147 Å². The van der Waals surface area contributed by atoms with Crippen LogP contribution in [0.25, 0.3) is 128 Å². The highest BCUT2D eigenvalue weighted by molar-refractivity contribution is 6.14. The van der Waals surface area contributed by atoms with Crippen molar-refractivity contribution in [3.8, 4) is 62.4 Å². The third-order valence-corrected chi connectivity index (χ3v) is 13.8. The third kappa shape index (κ3) is 6.56. The van der Waals surface area contributed by atoms with Crippen LogP contribution in [0.15, 0.2) is 231 Å². The summed E-state index contributed by atoms with van der Waals surface area (Å²) in [5.74, 6) is 0.181. The summed E-state index contributed by atoms with van der Waals surface area (Å²) in [6.45, 7) is 0. The van der Waals surface area contributed by atoms with Crippen molar-refractivity contribution in [2.75, 3.05) is 0 Å². The van der Waals surface area contributed by atoms with E-state index in [0.29, 0.717) is 39.9 Å². The molecule has 14 aromatic rings. The monoisotopic (exact) mass is 916 g/mol. The fourth-order valence-electron chi connectivity index (χ4n) is 10.7. The second-order valence-corrected chi connectivity index (χ2v) is 17.9.